The highest BCUT2D eigenvalue weighted by Gasteiger charge is 2.95. The molecule has 0 atom stereocenters. The second-order valence-corrected chi connectivity index (χ2v) is 4.06. The zero-order valence-electron chi connectivity index (χ0n) is 9.95. The van der Waals surface area contributed by atoms with Crippen molar-refractivity contribution in [2.75, 3.05) is 41.8 Å². The molecule has 0 aromatic carbocycles. The van der Waals surface area contributed by atoms with Gasteiger partial charge in [-0.1, -0.05) is 0 Å². The lowest BCUT2D eigenvalue weighted by atomic mass is 10.6. The van der Waals surface area contributed by atoms with Crippen molar-refractivity contribution in [3.05, 3.63) is 0 Å². The van der Waals surface area contributed by atoms with E-state index in [0.29, 0.717) is 0 Å². The van der Waals surface area contributed by atoms with E-state index in [0.717, 1.165) is 0 Å². The first-order valence-corrected chi connectivity index (χ1v) is 5.65. The van der Waals surface area contributed by atoms with E-state index in [4.69, 9.17) is 23.7 Å². The first-order valence-electron chi connectivity index (χ1n) is 4.42. The molecule has 15 heavy (non-hydrogen) atoms. The fourth-order valence-corrected chi connectivity index (χ4v) is 3.52. The van der Waals surface area contributed by atoms with E-state index in [1.54, 1.807) is 7.11 Å². The Morgan fingerprint density at radius 1 is 0.667 bits per heavy atom. The molecule has 90 valence electrons. The fraction of sp³-hybridized carbons (Fsp3) is 1.00. The third kappa shape index (κ3) is 1.12. The summed E-state index contributed by atoms with van der Waals surface area (Å²) in [7, 11) is 7.71. The van der Waals surface area contributed by atoms with E-state index in [9.17, 15) is 0 Å². The summed E-state index contributed by atoms with van der Waals surface area (Å²) in [4.78, 5) is -0.812. The highest BCUT2D eigenvalue weighted by atomic mass is 32.2. The molecule has 0 N–H and O–H groups in total. The standard InChI is InChI=1S/C9H18O5S/c1-10-7(11-2)8(12-3,13-4)9(7,14-5)15-6/h1-6H3. The van der Waals surface area contributed by atoms with E-state index in [2.05, 4.69) is 0 Å². The summed E-state index contributed by atoms with van der Waals surface area (Å²) < 4.78 is 27.0. The second kappa shape index (κ2) is 4.20. The molecule has 1 aliphatic carbocycles. The quantitative estimate of drug-likeness (QED) is 0.634. The summed E-state index contributed by atoms with van der Waals surface area (Å²) in [6.45, 7) is 0. The summed E-state index contributed by atoms with van der Waals surface area (Å²) in [6, 6.07) is 0. The van der Waals surface area contributed by atoms with Crippen LogP contribution in [-0.2, 0) is 23.7 Å². The molecule has 1 saturated carbocycles. The minimum atomic E-state index is -1.04. The van der Waals surface area contributed by atoms with Gasteiger partial charge in [0.05, 0.1) is 0 Å². The van der Waals surface area contributed by atoms with Crippen LogP contribution < -0.4 is 0 Å². The summed E-state index contributed by atoms with van der Waals surface area (Å²) >= 11 is 1.43. The number of ether oxygens (including phenoxy) is 5. The van der Waals surface area contributed by atoms with Crippen molar-refractivity contribution in [3.63, 3.8) is 0 Å². The van der Waals surface area contributed by atoms with Gasteiger partial charge < -0.3 is 23.7 Å². The molecule has 0 saturated heterocycles. The second-order valence-electron chi connectivity index (χ2n) is 3.07. The maximum atomic E-state index is 5.46. The summed E-state index contributed by atoms with van der Waals surface area (Å²) in [5.41, 5.74) is 0. The van der Waals surface area contributed by atoms with E-state index < -0.39 is 16.5 Å². The number of rotatable bonds is 6. The largest absolute Gasteiger partial charge is 0.357 e. The molecule has 0 spiro atoms. The van der Waals surface area contributed by atoms with Gasteiger partial charge in [0.15, 0.2) is 0 Å². The first kappa shape index (κ1) is 13.2. The molecule has 0 aromatic rings. The van der Waals surface area contributed by atoms with Gasteiger partial charge in [-0.25, -0.2) is 0 Å². The van der Waals surface area contributed by atoms with Gasteiger partial charge in [0, 0.05) is 35.5 Å². The van der Waals surface area contributed by atoms with Crippen molar-refractivity contribution in [1.82, 2.24) is 0 Å². The van der Waals surface area contributed by atoms with Crippen molar-refractivity contribution in [3.8, 4) is 0 Å². The average molecular weight is 238 g/mol. The predicted octanol–water partition coefficient (Wildman–Crippen LogP) is 0.684. The zero-order valence-corrected chi connectivity index (χ0v) is 10.8. The topological polar surface area (TPSA) is 46.2 Å². The molecule has 1 rings (SSSR count). The van der Waals surface area contributed by atoms with Gasteiger partial charge in [0.1, 0.15) is 0 Å². The van der Waals surface area contributed by atoms with Crippen molar-refractivity contribution < 1.29 is 23.7 Å². The van der Waals surface area contributed by atoms with Crippen LogP contribution in [0.15, 0.2) is 0 Å². The Hall–Kier alpha value is 0.150. The van der Waals surface area contributed by atoms with Gasteiger partial charge in [-0.3, -0.25) is 0 Å². The van der Waals surface area contributed by atoms with E-state index in [-0.39, 0.29) is 0 Å². The number of methoxy groups -OCH3 is 5. The molecular formula is C9H18O5S. The monoisotopic (exact) mass is 238 g/mol. The minimum absolute atomic E-state index is 0.812. The Morgan fingerprint density at radius 2 is 1.00 bits per heavy atom. The smallest absolute Gasteiger partial charge is 0.273 e. The molecule has 0 unspecified atom stereocenters. The molecule has 1 aliphatic rings. The molecular weight excluding hydrogens is 220 g/mol. The van der Waals surface area contributed by atoms with Crippen LogP contribution in [0.3, 0.4) is 0 Å². The number of thioether (sulfide) groups is 1. The van der Waals surface area contributed by atoms with Crippen LogP contribution in [0.25, 0.3) is 0 Å². The van der Waals surface area contributed by atoms with Crippen LogP contribution >= 0.6 is 11.8 Å². The van der Waals surface area contributed by atoms with Gasteiger partial charge in [0.25, 0.3) is 11.6 Å². The summed E-state index contributed by atoms with van der Waals surface area (Å²) in [5, 5.41) is 0. The predicted molar refractivity (Wildman–Crippen MR) is 56.8 cm³/mol. The Morgan fingerprint density at radius 3 is 1.07 bits per heavy atom. The normalized spacial score (nSPS) is 25.2. The average Bonchev–Trinajstić information content (AvgIpc) is 2.85. The van der Waals surface area contributed by atoms with Gasteiger partial charge in [0.2, 0.25) is 4.93 Å². The highest BCUT2D eigenvalue weighted by molar-refractivity contribution is 8.00. The first-order chi connectivity index (χ1) is 7.11. The van der Waals surface area contributed by atoms with Crippen molar-refractivity contribution in [2.45, 2.75) is 16.5 Å². The number of hydrogen-bond acceptors (Lipinski definition) is 6. The van der Waals surface area contributed by atoms with Crippen LogP contribution in [0, 0.1) is 0 Å². The van der Waals surface area contributed by atoms with E-state index >= 15 is 0 Å². The molecule has 5 nitrogen and oxygen atoms in total. The maximum absolute atomic E-state index is 5.46. The lowest BCUT2D eigenvalue weighted by molar-refractivity contribution is -0.254. The summed E-state index contributed by atoms with van der Waals surface area (Å²) in [5.74, 6) is -2.09. The summed E-state index contributed by atoms with van der Waals surface area (Å²) in [6.07, 6.45) is 1.88. The maximum Gasteiger partial charge on any atom is 0.273 e. The highest BCUT2D eigenvalue weighted by Crippen LogP contribution is 2.69. The van der Waals surface area contributed by atoms with E-state index in [1.165, 1.54) is 40.2 Å². The molecule has 1 fully saturated rings. The van der Waals surface area contributed by atoms with Gasteiger partial charge in [-0.2, -0.15) is 0 Å². The van der Waals surface area contributed by atoms with Crippen LogP contribution in [0.2, 0.25) is 0 Å². The minimum Gasteiger partial charge on any atom is -0.357 e. The third-order valence-corrected chi connectivity index (χ3v) is 4.24. The SMILES string of the molecule is COC1(OC)C(OC)(OC)C1(OC)SC. The van der Waals surface area contributed by atoms with Crippen LogP contribution in [0.4, 0.5) is 0 Å². The number of hydrogen-bond donors (Lipinski definition) is 0. The molecule has 0 amide bonds. The van der Waals surface area contributed by atoms with Gasteiger partial charge >= 0.3 is 0 Å². The molecule has 0 bridgehead atoms. The Balaban J connectivity index is 3.16. The van der Waals surface area contributed by atoms with Gasteiger partial charge in [-0.05, 0) is 6.26 Å². The third-order valence-electron chi connectivity index (χ3n) is 2.96. The lowest BCUT2D eigenvalue weighted by Crippen LogP contribution is -2.32. The lowest BCUT2D eigenvalue weighted by Gasteiger charge is -2.18. The van der Waals surface area contributed by atoms with Crippen molar-refractivity contribution in [1.29, 1.82) is 0 Å². The fourth-order valence-electron chi connectivity index (χ4n) is 2.27. The van der Waals surface area contributed by atoms with Crippen molar-refractivity contribution >= 4 is 11.8 Å². The molecule has 0 aliphatic heterocycles. The molecule has 6 heteroatoms. The Bertz CT molecular complexity index is 171. The Kier molecular flexibility index (Phi) is 3.70. The molecule has 0 aromatic heterocycles. The van der Waals surface area contributed by atoms with Crippen molar-refractivity contribution in [2.24, 2.45) is 0 Å². The molecule has 0 heterocycles. The van der Waals surface area contributed by atoms with E-state index in [1.807, 2.05) is 6.26 Å². The zero-order chi connectivity index (χ0) is 11.7. The Labute approximate surface area is 94.3 Å². The van der Waals surface area contributed by atoms with Crippen LogP contribution in [0.5, 0.6) is 0 Å². The van der Waals surface area contributed by atoms with Crippen LogP contribution in [-0.4, -0.2) is 58.3 Å². The van der Waals surface area contributed by atoms with Gasteiger partial charge in [-0.15, -0.1) is 11.8 Å². The van der Waals surface area contributed by atoms with Crippen LogP contribution in [0.1, 0.15) is 0 Å². The molecule has 0 radical (unpaired) electrons.